The summed E-state index contributed by atoms with van der Waals surface area (Å²) < 4.78 is 12.9. The lowest BCUT2D eigenvalue weighted by Gasteiger charge is -2.38. The molecule has 0 radical (unpaired) electrons. The number of hydrogen-bond acceptors (Lipinski definition) is 3. The van der Waals surface area contributed by atoms with E-state index in [1.807, 2.05) is 72.5 Å². The maximum atomic E-state index is 13.4. The van der Waals surface area contributed by atoms with Gasteiger partial charge in [0.1, 0.15) is 0 Å². The Labute approximate surface area is 207 Å². The summed E-state index contributed by atoms with van der Waals surface area (Å²) in [5.74, 6) is 1.38. The first-order valence-electron chi connectivity index (χ1n) is 10.6. The Morgan fingerprint density at radius 1 is 1.09 bits per heavy atom. The van der Waals surface area contributed by atoms with Gasteiger partial charge in [-0.1, -0.05) is 30.7 Å². The minimum Gasteiger partial charge on any atom is -0.493 e. The first-order chi connectivity index (χ1) is 15.4. The van der Waals surface area contributed by atoms with Crippen molar-refractivity contribution in [3.63, 3.8) is 0 Å². The normalized spacial score (nSPS) is 16.5. The molecular weight excluding hydrogens is 537 g/mol. The van der Waals surface area contributed by atoms with Crippen LogP contribution in [0, 0.1) is 3.57 Å². The van der Waals surface area contributed by atoms with Gasteiger partial charge in [0, 0.05) is 14.3 Å². The molecule has 1 aliphatic rings. The maximum Gasteiger partial charge on any atom is 0.232 e. The maximum absolute atomic E-state index is 13.4. The Kier molecular flexibility index (Phi) is 6.96. The van der Waals surface area contributed by atoms with E-state index in [2.05, 4.69) is 29.5 Å². The van der Waals surface area contributed by atoms with Crippen LogP contribution in [0.15, 0.2) is 60.7 Å². The fourth-order valence-electron chi connectivity index (χ4n) is 3.98. The number of fused-ring (bicyclic) bond motifs is 1. The van der Waals surface area contributed by atoms with Crippen LogP contribution < -0.4 is 14.4 Å². The van der Waals surface area contributed by atoms with Gasteiger partial charge in [0.15, 0.2) is 11.5 Å². The molecule has 6 heteroatoms. The number of nitrogens with zero attached hydrogens (tertiary/aromatic N) is 1. The van der Waals surface area contributed by atoms with Crippen molar-refractivity contribution < 1.29 is 14.3 Å². The summed E-state index contributed by atoms with van der Waals surface area (Å²) in [6.07, 6.45) is 1.23. The van der Waals surface area contributed by atoms with Gasteiger partial charge in [-0.15, -0.1) is 0 Å². The molecule has 0 fully saturated rings. The van der Waals surface area contributed by atoms with Crippen molar-refractivity contribution in [3.05, 3.63) is 85.9 Å². The molecule has 0 aromatic heterocycles. The highest BCUT2D eigenvalue weighted by Gasteiger charge is 2.36. The van der Waals surface area contributed by atoms with E-state index in [-0.39, 0.29) is 18.1 Å². The zero-order valence-corrected chi connectivity index (χ0v) is 21.2. The number of hydrogen-bond donors (Lipinski definition) is 0. The molecule has 166 valence electrons. The van der Waals surface area contributed by atoms with Crippen LogP contribution in [0.25, 0.3) is 0 Å². The Balaban J connectivity index is 1.90. The third-order valence-corrected chi connectivity index (χ3v) is 6.75. The van der Waals surface area contributed by atoms with Gasteiger partial charge >= 0.3 is 0 Å². The van der Waals surface area contributed by atoms with Crippen LogP contribution >= 0.6 is 34.2 Å². The van der Waals surface area contributed by atoms with Crippen LogP contribution in [0.2, 0.25) is 5.02 Å². The van der Waals surface area contributed by atoms with Crippen LogP contribution in [0.5, 0.6) is 11.5 Å². The number of rotatable bonds is 6. The number of amides is 1. The van der Waals surface area contributed by atoms with Crippen LogP contribution in [-0.4, -0.2) is 19.1 Å². The number of methoxy groups -OCH3 is 1. The van der Waals surface area contributed by atoms with E-state index in [0.717, 1.165) is 32.4 Å². The topological polar surface area (TPSA) is 38.8 Å². The SMILES string of the molecule is CC[C@@H](C)Oc1cc2c(cc1OC)CC(=O)N(c1ccc(I)cc1)C2c1ccc(Cl)cc1. The molecule has 0 spiro atoms. The molecule has 1 amide bonds. The molecule has 0 saturated carbocycles. The molecule has 0 saturated heterocycles. The van der Waals surface area contributed by atoms with Crippen LogP contribution in [-0.2, 0) is 11.2 Å². The zero-order chi connectivity index (χ0) is 22.8. The van der Waals surface area contributed by atoms with Gasteiger partial charge in [0.25, 0.3) is 0 Å². The van der Waals surface area contributed by atoms with Crippen molar-refractivity contribution in [2.45, 2.75) is 38.8 Å². The van der Waals surface area contributed by atoms with Gasteiger partial charge in [-0.05, 0) is 101 Å². The van der Waals surface area contributed by atoms with Crippen LogP contribution in [0.3, 0.4) is 0 Å². The first kappa shape index (κ1) is 22.9. The van der Waals surface area contributed by atoms with E-state index in [4.69, 9.17) is 21.1 Å². The number of halogens is 2. The Hall–Kier alpha value is -2.25. The van der Waals surface area contributed by atoms with E-state index in [0.29, 0.717) is 22.9 Å². The van der Waals surface area contributed by atoms with Crippen molar-refractivity contribution in [1.29, 1.82) is 0 Å². The van der Waals surface area contributed by atoms with Gasteiger partial charge in [0.05, 0.1) is 25.7 Å². The molecule has 1 aliphatic heterocycles. The number of carbonyl (C=O) groups excluding carboxylic acids is 1. The van der Waals surface area contributed by atoms with Crippen molar-refractivity contribution in [1.82, 2.24) is 0 Å². The second kappa shape index (κ2) is 9.71. The largest absolute Gasteiger partial charge is 0.493 e. The second-order valence-corrected chi connectivity index (χ2v) is 9.59. The number of benzene rings is 3. The lowest BCUT2D eigenvalue weighted by Crippen LogP contribution is -2.41. The molecule has 0 N–H and O–H groups in total. The van der Waals surface area contributed by atoms with Gasteiger partial charge in [-0.3, -0.25) is 4.79 Å². The quantitative estimate of drug-likeness (QED) is 0.311. The van der Waals surface area contributed by atoms with Crippen molar-refractivity contribution >= 4 is 45.8 Å². The highest BCUT2D eigenvalue weighted by atomic mass is 127. The first-order valence-corrected chi connectivity index (χ1v) is 12.1. The number of ether oxygens (including phenoxy) is 2. The molecule has 0 aliphatic carbocycles. The van der Waals surface area contributed by atoms with E-state index in [1.54, 1.807) is 7.11 Å². The van der Waals surface area contributed by atoms with Crippen LogP contribution in [0.4, 0.5) is 5.69 Å². The Morgan fingerprint density at radius 3 is 2.41 bits per heavy atom. The summed E-state index contributed by atoms with van der Waals surface area (Å²) in [6.45, 7) is 4.13. The lowest BCUT2D eigenvalue weighted by molar-refractivity contribution is -0.118. The molecule has 4 nitrogen and oxygen atoms in total. The molecule has 3 aromatic rings. The Bertz CT molecular complexity index is 1120. The van der Waals surface area contributed by atoms with Gasteiger partial charge in [-0.25, -0.2) is 0 Å². The molecule has 4 rings (SSSR count). The minimum absolute atomic E-state index is 0.0382. The third-order valence-electron chi connectivity index (χ3n) is 5.78. The summed E-state index contributed by atoms with van der Waals surface area (Å²) in [5.41, 5.74) is 3.83. The molecule has 1 heterocycles. The highest BCUT2D eigenvalue weighted by Crippen LogP contribution is 2.43. The predicted octanol–water partition coefficient (Wildman–Crippen LogP) is 6.81. The minimum atomic E-state index is -0.297. The van der Waals surface area contributed by atoms with E-state index in [9.17, 15) is 4.79 Å². The van der Waals surface area contributed by atoms with E-state index in [1.165, 1.54) is 0 Å². The summed E-state index contributed by atoms with van der Waals surface area (Å²) in [4.78, 5) is 15.3. The Morgan fingerprint density at radius 2 is 1.78 bits per heavy atom. The zero-order valence-electron chi connectivity index (χ0n) is 18.3. The number of anilines is 1. The van der Waals surface area contributed by atoms with E-state index >= 15 is 0 Å². The third kappa shape index (κ3) is 4.59. The molecule has 1 unspecified atom stereocenters. The van der Waals surface area contributed by atoms with Gasteiger partial charge < -0.3 is 14.4 Å². The average molecular weight is 562 g/mol. The fraction of sp³-hybridized carbons (Fsp3) is 0.269. The molecule has 3 aromatic carbocycles. The summed E-state index contributed by atoms with van der Waals surface area (Å²) >= 11 is 8.44. The standard InChI is InChI=1S/C26H25ClINO3/c1-4-16(2)32-24-15-22-18(13-23(24)31-3)14-25(30)29(21-11-9-20(28)10-12-21)26(22)17-5-7-19(27)8-6-17/h5-13,15-16,26H,4,14H2,1-3H3/t16-,26?/m1/s1. The van der Waals surface area contributed by atoms with Crippen LogP contribution in [0.1, 0.15) is 43.0 Å². The molecule has 0 bridgehead atoms. The second-order valence-electron chi connectivity index (χ2n) is 7.91. The van der Waals surface area contributed by atoms with Gasteiger partial charge in [0.2, 0.25) is 5.91 Å². The fourth-order valence-corrected chi connectivity index (χ4v) is 4.46. The monoisotopic (exact) mass is 561 g/mol. The smallest absolute Gasteiger partial charge is 0.232 e. The summed E-state index contributed by atoms with van der Waals surface area (Å²) in [7, 11) is 1.63. The predicted molar refractivity (Wildman–Crippen MR) is 137 cm³/mol. The van der Waals surface area contributed by atoms with E-state index < -0.39 is 0 Å². The molecule has 32 heavy (non-hydrogen) atoms. The van der Waals surface area contributed by atoms with Crippen molar-refractivity contribution in [2.24, 2.45) is 0 Å². The number of carbonyl (C=O) groups is 1. The van der Waals surface area contributed by atoms with Gasteiger partial charge in [-0.2, -0.15) is 0 Å². The van der Waals surface area contributed by atoms with Crippen molar-refractivity contribution in [3.8, 4) is 11.5 Å². The van der Waals surface area contributed by atoms with Crippen molar-refractivity contribution in [2.75, 3.05) is 12.0 Å². The lowest BCUT2D eigenvalue weighted by atomic mass is 9.87. The summed E-state index contributed by atoms with van der Waals surface area (Å²) in [6, 6.07) is 19.4. The molecule has 2 atom stereocenters. The highest BCUT2D eigenvalue weighted by molar-refractivity contribution is 14.1. The average Bonchev–Trinajstić information content (AvgIpc) is 2.79. The molecular formula is C26H25ClINO3. The summed E-state index contributed by atoms with van der Waals surface area (Å²) in [5, 5.41) is 0.660.